The fourth-order valence-electron chi connectivity index (χ4n) is 5.08. The molecule has 0 N–H and O–H groups in total. The molecule has 1 aliphatic carbocycles. The summed E-state index contributed by atoms with van der Waals surface area (Å²) in [6.45, 7) is 4.16. The molecule has 0 saturated heterocycles. The van der Waals surface area contributed by atoms with Gasteiger partial charge in [0.15, 0.2) is 11.5 Å². The van der Waals surface area contributed by atoms with E-state index in [4.69, 9.17) is 9.47 Å². The van der Waals surface area contributed by atoms with Gasteiger partial charge in [-0.25, -0.2) is 4.79 Å². The molecule has 0 heterocycles. The number of hydrogen-bond acceptors (Lipinski definition) is 3. The molecule has 0 amide bonds. The van der Waals surface area contributed by atoms with Gasteiger partial charge in [-0.3, -0.25) is 0 Å². The third-order valence-electron chi connectivity index (χ3n) is 7.21. The van der Waals surface area contributed by atoms with Crippen molar-refractivity contribution in [1.82, 2.24) is 0 Å². The van der Waals surface area contributed by atoms with Crippen LogP contribution in [0.5, 0.6) is 11.5 Å². The molecule has 1 fully saturated rings. The highest BCUT2D eigenvalue weighted by Gasteiger charge is 2.21. The second kappa shape index (κ2) is 14.2. The van der Waals surface area contributed by atoms with E-state index in [0.717, 1.165) is 24.7 Å². The Balaban J connectivity index is 1.38. The van der Waals surface area contributed by atoms with Gasteiger partial charge in [0.05, 0.1) is 12.2 Å². The predicted octanol–water partition coefficient (Wildman–Crippen LogP) is 8.68. The zero-order valence-corrected chi connectivity index (χ0v) is 21.3. The highest BCUT2D eigenvalue weighted by Crippen LogP contribution is 2.34. The number of ether oxygens (including phenoxy) is 2. The van der Waals surface area contributed by atoms with Gasteiger partial charge in [0, 0.05) is 0 Å². The molecule has 0 radical (unpaired) electrons. The van der Waals surface area contributed by atoms with E-state index >= 15 is 0 Å². The van der Waals surface area contributed by atoms with Gasteiger partial charge in [-0.2, -0.15) is 8.78 Å². The molecule has 3 nitrogen and oxygen atoms in total. The van der Waals surface area contributed by atoms with Crippen LogP contribution in [-0.2, 0) is 6.42 Å². The number of hydrogen-bond donors (Lipinski definition) is 0. The van der Waals surface area contributed by atoms with E-state index in [9.17, 15) is 13.6 Å². The van der Waals surface area contributed by atoms with Crippen molar-refractivity contribution in [3.8, 4) is 11.5 Å². The van der Waals surface area contributed by atoms with Crippen molar-refractivity contribution >= 4 is 5.97 Å². The maximum absolute atomic E-state index is 14.2. The Morgan fingerprint density at radius 1 is 0.800 bits per heavy atom. The molecule has 0 atom stereocenters. The summed E-state index contributed by atoms with van der Waals surface area (Å²) in [6, 6.07) is 9.64. The molecule has 2 aromatic carbocycles. The minimum atomic E-state index is -1.23. The van der Waals surface area contributed by atoms with Crippen LogP contribution in [0.15, 0.2) is 36.4 Å². The zero-order chi connectivity index (χ0) is 25.0. The number of aryl methyl sites for hydroxylation is 1. The highest BCUT2D eigenvalue weighted by atomic mass is 19.2. The third-order valence-corrected chi connectivity index (χ3v) is 7.21. The first-order valence-electron chi connectivity index (χ1n) is 13.4. The molecule has 35 heavy (non-hydrogen) atoms. The van der Waals surface area contributed by atoms with Gasteiger partial charge in [0.25, 0.3) is 0 Å². The van der Waals surface area contributed by atoms with Crippen molar-refractivity contribution in [3.63, 3.8) is 0 Å². The molecule has 0 bridgehead atoms. The van der Waals surface area contributed by atoms with Crippen LogP contribution in [0.1, 0.15) is 100 Å². The molecular formula is C30H40F2O3. The summed E-state index contributed by atoms with van der Waals surface area (Å²) in [6.07, 6.45) is 15.8. The van der Waals surface area contributed by atoms with Crippen molar-refractivity contribution < 1.29 is 23.0 Å². The van der Waals surface area contributed by atoms with E-state index in [-0.39, 0.29) is 12.4 Å². The summed E-state index contributed by atoms with van der Waals surface area (Å²) >= 11 is 0. The van der Waals surface area contributed by atoms with Gasteiger partial charge in [0.1, 0.15) is 0 Å². The van der Waals surface area contributed by atoms with Gasteiger partial charge in [-0.05, 0) is 61.4 Å². The Labute approximate surface area is 209 Å². The Kier molecular flexibility index (Phi) is 11.0. The summed E-state index contributed by atoms with van der Waals surface area (Å²) < 4.78 is 38.3. The predicted molar refractivity (Wildman–Crippen MR) is 136 cm³/mol. The summed E-state index contributed by atoms with van der Waals surface area (Å²) in [4.78, 5) is 12.4. The van der Waals surface area contributed by atoms with Crippen molar-refractivity contribution in [3.05, 3.63) is 59.2 Å². The smallest absolute Gasteiger partial charge is 0.343 e. The molecule has 2 aromatic rings. The van der Waals surface area contributed by atoms with E-state index in [2.05, 4.69) is 6.92 Å². The van der Waals surface area contributed by atoms with Gasteiger partial charge in [0.2, 0.25) is 11.6 Å². The molecule has 0 spiro atoms. The topological polar surface area (TPSA) is 35.5 Å². The molecule has 1 aliphatic rings. The normalized spacial score (nSPS) is 17.8. The second-order valence-corrected chi connectivity index (χ2v) is 9.84. The van der Waals surface area contributed by atoms with E-state index in [1.807, 2.05) is 12.1 Å². The largest absolute Gasteiger partial charge is 0.491 e. The summed E-state index contributed by atoms with van der Waals surface area (Å²) in [5, 5.41) is 0. The average Bonchev–Trinajstić information content (AvgIpc) is 2.88. The summed E-state index contributed by atoms with van der Waals surface area (Å²) in [5.74, 6) is -1.91. The molecule has 0 aromatic heterocycles. The number of esters is 1. The highest BCUT2D eigenvalue weighted by molar-refractivity contribution is 5.91. The monoisotopic (exact) mass is 486 g/mol. The lowest BCUT2D eigenvalue weighted by Crippen LogP contribution is -2.14. The van der Waals surface area contributed by atoms with E-state index < -0.39 is 23.4 Å². The minimum absolute atomic E-state index is 0.204. The van der Waals surface area contributed by atoms with Crippen LogP contribution in [-0.4, -0.2) is 12.6 Å². The first-order chi connectivity index (χ1) is 17.0. The molecule has 1 saturated carbocycles. The fraction of sp³-hybridized carbons (Fsp3) is 0.567. The van der Waals surface area contributed by atoms with Crippen LogP contribution < -0.4 is 9.47 Å². The first-order valence-corrected chi connectivity index (χ1v) is 13.4. The quantitative estimate of drug-likeness (QED) is 0.161. The van der Waals surface area contributed by atoms with Gasteiger partial charge in [-0.1, -0.05) is 83.3 Å². The Hall–Kier alpha value is -2.43. The number of rotatable bonds is 13. The number of carbonyl (C=O) groups is 1. The third kappa shape index (κ3) is 8.33. The van der Waals surface area contributed by atoms with E-state index in [1.54, 1.807) is 19.1 Å². The van der Waals surface area contributed by atoms with Crippen molar-refractivity contribution in [2.24, 2.45) is 11.8 Å². The SMILES string of the molecule is CCCCC[C@H]1CC[C@H](CCCCc2ccc(C(=O)Oc3ccc(OCC)c(F)c3F)cc2)CC1. The molecular weight excluding hydrogens is 446 g/mol. The minimum Gasteiger partial charge on any atom is -0.491 e. The lowest BCUT2D eigenvalue weighted by molar-refractivity contribution is 0.0726. The standard InChI is InChI=1S/C30H40F2O3/c1-3-5-6-9-22-12-14-23(15-13-22)10-7-8-11-24-16-18-25(19-17-24)30(33)35-27-21-20-26(34-4-2)28(31)29(27)32/h16-23H,3-15H2,1-2H3/t22-,23-. The Morgan fingerprint density at radius 2 is 1.37 bits per heavy atom. The van der Waals surface area contributed by atoms with Crippen LogP contribution in [0.2, 0.25) is 0 Å². The van der Waals surface area contributed by atoms with E-state index in [1.165, 1.54) is 81.9 Å². The number of unbranched alkanes of at least 4 members (excludes halogenated alkanes) is 3. The second-order valence-electron chi connectivity index (χ2n) is 9.84. The van der Waals surface area contributed by atoms with Gasteiger partial charge in [-0.15, -0.1) is 0 Å². The fourth-order valence-corrected chi connectivity index (χ4v) is 5.08. The van der Waals surface area contributed by atoms with Crippen LogP contribution in [0, 0.1) is 23.5 Å². The first kappa shape index (κ1) is 27.2. The van der Waals surface area contributed by atoms with Crippen LogP contribution in [0.25, 0.3) is 0 Å². The van der Waals surface area contributed by atoms with Crippen LogP contribution in [0.3, 0.4) is 0 Å². The Morgan fingerprint density at radius 3 is 1.97 bits per heavy atom. The van der Waals surface area contributed by atoms with Crippen molar-refractivity contribution in [2.45, 2.75) is 90.9 Å². The molecule has 192 valence electrons. The van der Waals surface area contributed by atoms with Crippen molar-refractivity contribution in [2.75, 3.05) is 6.61 Å². The summed E-state index contributed by atoms with van der Waals surface area (Å²) in [7, 11) is 0. The van der Waals surface area contributed by atoms with Crippen LogP contribution >= 0.6 is 0 Å². The lowest BCUT2D eigenvalue weighted by atomic mass is 9.78. The molecule has 5 heteroatoms. The number of benzene rings is 2. The van der Waals surface area contributed by atoms with E-state index in [0.29, 0.717) is 5.56 Å². The van der Waals surface area contributed by atoms with Crippen LogP contribution in [0.4, 0.5) is 8.78 Å². The zero-order valence-electron chi connectivity index (χ0n) is 21.3. The van der Waals surface area contributed by atoms with Gasteiger partial charge >= 0.3 is 5.97 Å². The molecule has 0 aliphatic heterocycles. The number of halogens is 2. The molecule has 0 unspecified atom stereocenters. The van der Waals surface area contributed by atoms with Crippen molar-refractivity contribution in [1.29, 1.82) is 0 Å². The summed E-state index contributed by atoms with van der Waals surface area (Å²) in [5.41, 5.74) is 1.47. The Bertz CT molecular complexity index is 918. The molecule has 3 rings (SSSR count). The number of carbonyl (C=O) groups excluding carboxylic acids is 1. The lowest BCUT2D eigenvalue weighted by Gasteiger charge is -2.28. The maximum atomic E-state index is 14.2. The average molecular weight is 487 g/mol. The maximum Gasteiger partial charge on any atom is 0.343 e. The van der Waals surface area contributed by atoms with Gasteiger partial charge < -0.3 is 9.47 Å².